The Bertz CT molecular complexity index is 368. The quantitative estimate of drug-likeness (QED) is 0.883. The fourth-order valence-corrected chi connectivity index (χ4v) is 1.51. The van der Waals surface area contributed by atoms with Crippen molar-refractivity contribution in [2.75, 3.05) is 13.7 Å². The first-order valence-corrected chi connectivity index (χ1v) is 5.43. The molecule has 0 radical (unpaired) electrons. The number of nitrogens with one attached hydrogen (secondary N) is 1. The van der Waals surface area contributed by atoms with Crippen LogP contribution < -0.4 is 10.1 Å². The normalized spacial score (nSPS) is 11.6. The minimum Gasteiger partial charge on any atom is -0.492 e. The maximum atomic E-state index is 11.9. The fraction of sp³-hybridized carbons (Fsp3) is 0.455. The lowest BCUT2D eigenvalue weighted by Gasteiger charge is -2.10. The molecule has 2 nitrogen and oxygen atoms in total. The maximum Gasteiger partial charge on any atom is 0.392 e. The molecular weight excluding hydrogens is 255 g/mol. The summed E-state index contributed by atoms with van der Waals surface area (Å²) in [6.45, 7) is 0.219. The molecule has 0 fully saturated rings. The van der Waals surface area contributed by atoms with E-state index in [4.69, 9.17) is 16.3 Å². The number of ether oxygens (including phenoxy) is 1. The summed E-state index contributed by atoms with van der Waals surface area (Å²) < 4.78 is 40.7. The van der Waals surface area contributed by atoms with E-state index in [-0.39, 0.29) is 5.75 Å². The molecule has 0 aliphatic rings. The molecule has 0 aromatic heterocycles. The van der Waals surface area contributed by atoms with E-state index in [1.807, 2.05) is 0 Å². The molecule has 0 heterocycles. The van der Waals surface area contributed by atoms with Gasteiger partial charge in [-0.1, -0.05) is 17.7 Å². The Morgan fingerprint density at radius 2 is 2.06 bits per heavy atom. The molecule has 1 N–H and O–H groups in total. The lowest BCUT2D eigenvalue weighted by atomic mass is 10.2. The van der Waals surface area contributed by atoms with Crippen LogP contribution in [0.5, 0.6) is 5.75 Å². The second-order valence-electron chi connectivity index (χ2n) is 3.51. The van der Waals surface area contributed by atoms with Crippen molar-refractivity contribution in [3.63, 3.8) is 0 Å². The Morgan fingerprint density at radius 3 is 2.59 bits per heavy atom. The summed E-state index contributed by atoms with van der Waals surface area (Å²) in [6.07, 6.45) is -5.19. The highest BCUT2D eigenvalue weighted by Gasteiger charge is 2.26. The fourth-order valence-electron chi connectivity index (χ4n) is 1.25. The molecule has 0 unspecified atom stereocenters. The highest BCUT2D eigenvalue weighted by atomic mass is 35.5. The molecule has 0 spiro atoms. The van der Waals surface area contributed by atoms with Gasteiger partial charge in [-0.05, 0) is 24.7 Å². The highest BCUT2D eigenvalue weighted by Crippen LogP contribution is 2.27. The van der Waals surface area contributed by atoms with Crippen molar-refractivity contribution in [3.8, 4) is 5.75 Å². The molecule has 0 saturated heterocycles. The first-order chi connectivity index (χ1) is 7.92. The van der Waals surface area contributed by atoms with E-state index in [2.05, 4.69) is 5.32 Å². The lowest BCUT2D eigenvalue weighted by Crippen LogP contribution is -2.13. The smallest absolute Gasteiger partial charge is 0.392 e. The Kier molecular flexibility index (Phi) is 5.08. The molecule has 0 aliphatic heterocycles. The van der Waals surface area contributed by atoms with Gasteiger partial charge in [0.2, 0.25) is 0 Å². The second-order valence-corrected chi connectivity index (χ2v) is 3.92. The van der Waals surface area contributed by atoms with E-state index in [9.17, 15) is 13.2 Å². The van der Waals surface area contributed by atoms with Crippen LogP contribution in [0.1, 0.15) is 12.0 Å². The zero-order valence-corrected chi connectivity index (χ0v) is 10.0. The Balaban J connectivity index is 2.54. The summed E-state index contributed by atoms with van der Waals surface area (Å²) >= 11 is 5.88. The van der Waals surface area contributed by atoms with Crippen LogP contribution in [0.2, 0.25) is 5.02 Å². The van der Waals surface area contributed by atoms with Crippen LogP contribution in [0.4, 0.5) is 13.2 Å². The molecule has 0 amide bonds. The van der Waals surface area contributed by atoms with Gasteiger partial charge >= 0.3 is 6.18 Å². The van der Waals surface area contributed by atoms with E-state index >= 15 is 0 Å². The van der Waals surface area contributed by atoms with E-state index in [0.717, 1.165) is 5.56 Å². The van der Waals surface area contributed by atoms with Crippen molar-refractivity contribution in [3.05, 3.63) is 28.8 Å². The topological polar surface area (TPSA) is 21.3 Å². The summed E-state index contributed by atoms with van der Waals surface area (Å²) in [5, 5.41) is 3.26. The van der Waals surface area contributed by atoms with Gasteiger partial charge in [-0.15, -0.1) is 0 Å². The Hall–Kier alpha value is -0.940. The molecule has 0 aliphatic carbocycles. The van der Waals surface area contributed by atoms with Crippen molar-refractivity contribution in [2.24, 2.45) is 0 Å². The lowest BCUT2D eigenvalue weighted by molar-refractivity contribution is -0.139. The first kappa shape index (κ1) is 14.1. The molecular formula is C11H13ClF3NO. The van der Waals surface area contributed by atoms with E-state index in [0.29, 0.717) is 11.6 Å². The van der Waals surface area contributed by atoms with Gasteiger partial charge in [-0.2, -0.15) is 13.2 Å². The Labute approximate surface area is 103 Å². The van der Waals surface area contributed by atoms with Gasteiger partial charge in [0.25, 0.3) is 0 Å². The third kappa shape index (κ3) is 5.28. The maximum absolute atomic E-state index is 11.9. The summed E-state index contributed by atoms with van der Waals surface area (Å²) in [5.41, 5.74) is 0.945. The van der Waals surface area contributed by atoms with Crippen molar-refractivity contribution in [1.29, 1.82) is 0 Å². The van der Waals surface area contributed by atoms with Crippen LogP contribution in [0.3, 0.4) is 0 Å². The molecule has 6 heteroatoms. The average Bonchev–Trinajstić information content (AvgIpc) is 2.20. The summed E-state index contributed by atoms with van der Waals surface area (Å²) in [5.74, 6) is 0.274. The van der Waals surface area contributed by atoms with Gasteiger partial charge in [-0.25, -0.2) is 0 Å². The van der Waals surface area contributed by atoms with Crippen LogP contribution >= 0.6 is 11.6 Å². The van der Waals surface area contributed by atoms with Gasteiger partial charge in [-0.3, -0.25) is 0 Å². The zero-order valence-electron chi connectivity index (χ0n) is 9.27. The molecule has 17 heavy (non-hydrogen) atoms. The molecule has 1 aromatic rings. The number of hydrogen-bond donors (Lipinski definition) is 1. The highest BCUT2D eigenvalue weighted by molar-refractivity contribution is 6.32. The summed E-state index contributed by atoms with van der Waals surface area (Å²) in [4.78, 5) is 0. The molecule has 96 valence electrons. The Morgan fingerprint density at radius 1 is 1.35 bits per heavy atom. The van der Waals surface area contributed by atoms with Gasteiger partial charge in [0.1, 0.15) is 5.75 Å². The predicted molar refractivity (Wildman–Crippen MR) is 60.4 cm³/mol. The summed E-state index contributed by atoms with van der Waals surface area (Å²) in [6, 6.07) is 5.00. The largest absolute Gasteiger partial charge is 0.492 e. The number of rotatable bonds is 5. The SMILES string of the molecule is CNCc1ccc(OCCC(F)(F)F)c(Cl)c1. The minimum atomic E-state index is -4.21. The van der Waals surface area contributed by atoms with Gasteiger partial charge in [0, 0.05) is 6.54 Å². The standard InChI is InChI=1S/C11H13ClF3NO/c1-16-7-8-2-3-10(9(12)6-8)17-5-4-11(13,14)15/h2-3,6,16H,4-5,7H2,1H3. The molecule has 0 atom stereocenters. The number of benzene rings is 1. The van der Waals surface area contributed by atoms with Gasteiger partial charge < -0.3 is 10.1 Å². The van der Waals surface area contributed by atoms with Crippen LogP contribution in [-0.4, -0.2) is 19.8 Å². The third-order valence-corrected chi connectivity index (χ3v) is 2.32. The van der Waals surface area contributed by atoms with Crippen LogP contribution in [0.25, 0.3) is 0 Å². The van der Waals surface area contributed by atoms with Crippen molar-refractivity contribution >= 4 is 11.6 Å². The number of hydrogen-bond acceptors (Lipinski definition) is 2. The van der Waals surface area contributed by atoms with Crippen LogP contribution in [0.15, 0.2) is 18.2 Å². The van der Waals surface area contributed by atoms with E-state index in [1.54, 1.807) is 25.2 Å². The monoisotopic (exact) mass is 267 g/mol. The molecule has 0 bridgehead atoms. The minimum absolute atomic E-state index is 0.274. The summed E-state index contributed by atoms with van der Waals surface area (Å²) in [7, 11) is 1.79. The van der Waals surface area contributed by atoms with Crippen molar-refractivity contribution in [2.45, 2.75) is 19.1 Å². The van der Waals surface area contributed by atoms with Crippen LogP contribution in [0, 0.1) is 0 Å². The number of halogens is 4. The van der Waals surface area contributed by atoms with Gasteiger partial charge in [0.05, 0.1) is 18.1 Å². The molecule has 0 saturated carbocycles. The third-order valence-electron chi connectivity index (χ3n) is 2.02. The second kappa shape index (κ2) is 6.12. The van der Waals surface area contributed by atoms with Crippen molar-refractivity contribution in [1.82, 2.24) is 5.32 Å². The predicted octanol–water partition coefficient (Wildman–Crippen LogP) is 3.39. The van der Waals surface area contributed by atoms with E-state index in [1.165, 1.54) is 0 Å². The van der Waals surface area contributed by atoms with Crippen LogP contribution in [-0.2, 0) is 6.54 Å². The van der Waals surface area contributed by atoms with Crippen molar-refractivity contribution < 1.29 is 17.9 Å². The van der Waals surface area contributed by atoms with E-state index < -0.39 is 19.2 Å². The number of alkyl halides is 3. The first-order valence-electron chi connectivity index (χ1n) is 5.05. The zero-order chi connectivity index (χ0) is 12.9. The molecule has 1 rings (SSSR count). The average molecular weight is 268 g/mol. The molecule has 1 aromatic carbocycles. The van der Waals surface area contributed by atoms with Gasteiger partial charge in [0.15, 0.2) is 0 Å².